The van der Waals surface area contributed by atoms with Gasteiger partial charge in [-0.05, 0) is 43.0 Å². The highest BCUT2D eigenvalue weighted by atomic mass is 14.8. The van der Waals surface area contributed by atoms with E-state index in [2.05, 4.69) is 87.5 Å². The molecule has 0 saturated heterocycles. The van der Waals surface area contributed by atoms with Gasteiger partial charge in [0.1, 0.15) is 0 Å². The minimum Gasteiger partial charge on any atom is -0.285 e. The van der Waals surface area contributed by atoms with E-state index < -0.39 is 0 Å². The molecule has 3 aromatic carbocycles. The Balaban J connectivity index is 1.90. The minimum absolute atomic E-state index is 0.148. The van der Waals surface area contributed by atoms with E-state index in [-0.39, 0.29) is 6.04 Å². The van der Waals surface area contributed by atoms with Crippen LogP contribution in [0.2, 0.25) is 0 Å². The number of aliphatic imine (C=N–C) groups is 1. The molecule has 0 aliphatic rings. The van der Waals surface area contributed by atoms with Crippen LogP contribution in [0.25, 0.3) is 11.1 Å². The van der Waals surface area contributed by atoms with E-state index in [0.29, 0.717) is 0 Å². The molecular weight excluding hydrogens is 290 g/mol. The minimum atomic E-state index is 0.148. The van der Waals surface area contributed by atoms with Crippen LogP contribution in [0.5, 0.6) is 0 Å². The van der Waals surface area contributed by atoms with Gasteiger partial charge in [-0.15, -0.1) is 0 Å². The first-order chi connectivity index (χ1) is 11.6. The molecule has 0 N–H and O–H groups in total. The zero-order valence-corrected chi connectivity index (χ0v) is 14.5. The SMILES string of the molecule is Cc1ccc(C(C)/N=C/c2ccccc2-c2ccccc2)c(C)c1. The Labute approximate surface area is 144 Å². The van der Waals surface area contributed by atoms with Crippen LogP contribution in [0.3, 0.4) is 0 Å². The maximum atomic E-state index is 4.82. The summed E-state index contributed by atoms with van der Waals surface area (Å²) in [5, 5.41) is 0. The van der Waals surface area contributed by atoms with Crippen molar-refractivity contribution in [2.24, 2.45) is 4.99 Å². The van der Waals surface area contributed by atoms with Gasteiger partial charge in [-0.3, -0.25) is 4.99 Å². The quantitative estimate of drug-likeness (QED) is 0.512. The summed E-state index contributed by atoms with van der Waals surface area (Å²) in [5.41, 5.74) is 7.47. The smallest absolute Gasteiger partial charge is 0.0723 e. The molecule has 0 fully saturated rings. The highest BCUT2D eigenvalue weighted by Gasteiger charge is 2.07. The second kappa shape index (κ2) is 7.27. The first kappa shape index (κ1) is 16.2. The summed E-state index contributed by atoms with van der Waals surface area (Å²) in [6.07, 6.45) is 2.01. The summed E-state index contributed by atoms with van der Waals surface area (Å²) >= 11 is 0. The van der Waals surface area contributed by atoms with Crippen LogP contribution in [-0.4, -0.2) is 6.21 Å². The molecule has 0 aliphatic carbocycles. The van der Waals surface area contributed by atoms with Crippen molar-refractivity contribution in [1.29, 1.82) is 0 Å². The molecule has 0 radical (unpaired) electrons. The molecule has 0 amide bonds. The van der Waals surface area contributed by atoms with Gasteiger partial charge in [0, 0.05) is 11.8 Å². The van der Waals surface area contributed by atoms with Crippen molar-refractivity contribution >= 4 is 6.21 Å². The van der Waals surface area contributed by atoms with Gasteiger partial charge in [-0.25, -0.2) is 0 Å². The first-order valence-corrected chi connectivity index (χ1v) is 8.40. The van der Waals surface area contributed by atoms with Gasteiger partial charge < -0.3 is 0 Å². The van der Waals surface area contributed by atoms with Crippen molar-refractivity contribution in [3.8, 4) is 11.1 Å². The maximum absolute atomic E-state index is 4.82. The highest BCUT2D eigenvalue weighted by Crippen LogP contribution is 2.24. The normalized spacial score (nSPS) is 12.5. The molecule has 0 spiro atoms. The Morgan fingerprint density at radius 2 is 1.54 bits per heavy atom. The molecule has 1 unspecified atom stereocenters. The molecule has 0 aliphatic heterocycles. The van der Waals surface area contributed by atoms with Gasteiger partial charge >= 0.3 is 0 Å². The third-order valence-electron chi connectivity index (χ3n) is 4.36. The summed E-state index contributed by atoms with van der Waals surface area (Å²) in [6.45, 7) is 6.44. The topological polar surface area (TPSA) is 12.4 Å². The van der Waals surface area contributed by atoms with Gasteiger partial charge in [0.15, 0.2) is 0 Å². The van der Waals surface area contributed by atoms with Gasteiger partial charge in [0.2, 0.25) is 0 Å². The number of rotatable bonds is 4. The lowest BCUT2D eigenvalue weighted by Crippen LogP contribution is -1.96. The predicted octanol–water partition coefficient (Wildman–Crippen LogP) is 6.15. The van der Waals surface area contributed by atoms with Crippen molar-refractivity contribution in [1.82, 2.24) is 0 Å². The number of nitrogens with zero attached hydrogens (tertiary/aromatic N) is 1. The Bertz CT molecular complexity index is 847. The molecule has 0 saturated carbocycles. The summed E-state index contributed by atoms with van der Waals surface area (Å²) in [7, 11) is 0. The van der Waals surface area contributed by atoms with Crippen molar-refractivity contribution < 1.29 is 0 Å². The van der Waals surface area contributed by atoms with Gasteiger partial charge in [0.25, 0.3) is 0 Å². The standard InChI is InChI=1S/C23H23N/c1-17-13-14-22(18(2)15-17)19(3)24-16-21-11-7-8-12-23(21)20-9-5-4-6-10-20/h4-16,19H,1-3H3/b24-16+. The van der Waals surface area contributed by atoms with Crippen molar-refractivity contribution in [2.75, 3.05) is 0 Å². The zero-order chi connectivity index (χ0) is 16.9. The molecule has 1 nitrogen and oxygen atoms in total. The van der Waals surface area contributed by atoms with E-state index in [9.17, 15) is 0 Å². The van der Waals surface area contributed by atoms with E-state index in [1.807, 2.05) is 12.3 Å². The fourth-order valence-electron chi connectivity index (χ4n) is 3.06. The highest BCUT2D eigenvalue weighted by molar-refractivity contribution is 5.90. The number of hydrogen-bond acceptors (Lipinski definition) is 1. The lowest BCUT2D eigenvalue weighted by atomic mass is 9.99. The molecule has 120 valence electrons. The Morgan fingerprint density at radius 1 is 0.833 bits per heavy atom. The third kappa shape index (κ3) is 3.62. The number of benzene rings is 3. The van der Waals surface area contributed by atoms with E-state index in [0.717, 1.165) is 5.56 Å². The van der Waals surface area contributed by atoms with Gasteiger partial charge in [-0.2, -0.15) is 0 Å². The molecule has 3 aromatic rings. The second-order valence-electron chi connectivity index (χ2n) is 6.27. The van der Waals surface area contributed by atoms with Crippen LogP contribution in [0, 0.1) is 13.8 Å². The predicted molar refractivity (Wildman–Crippen MR) is 104 cm³/mol. The lowest BCUT2D eigenvalue weighted by molar-refractivity contribution is 0.816. The fourth-order valence-corrected chi connectivity index (χ4v) is 3.06. The first-order valence-electron chi connectivity index (χ1n) is 8.40. The molecule has 24 heavy (non-hydrogen) atoms. The molecule has 3 rings (SSSR count). The summed E-state index contributed by atoms with van der Waals surface area (Å²) in [5.74, 6) is 0. The molecule has 0 heterocycles. The average Bonchev–Trinajstić information content (AvgIpc) is 2.61. The maximum Gasteiger partial charge on any atom is 0.0723 e. The van der Waals surface area contributed by atoms with E-state index in [1.54, 1.807) is 0 Å². The Morgan fingerprint density at radius 3 is 2.29 bits per heavy atom. The van der Waals surface area contributed by atoms with Crippen LogP contribution in [0.15, 0.2) is 77.8 Å². The van der Waals surface area contributed by atoms with Gasteiger partial charge in [0.05, 0.1) is 6.04 Å². The van der Waals surface area contributed by atoms with Crippen molar-refractivity contribution in [2.45, 2.75) is 26.8 Å². The van der Waals surface area contributed by atoms with E-state index in [4.69, 9.17) is 4.99 Å². The average molecular weight is 313 g/mol. The summed E-state index contributed by atoms with van der Waals surface area (Å²) in [4.78, 5) is 4.82. The Hall–Kier alpha value is -2.67. The van der Waals surface area contributed by atoms with Crippen molar-refractivity contribution in [3.05, 3.63) is 95.1 Å². The van der Waals surface area contributed by atoms with Crippen LogP contribution in [0.4, 0.5) is 0 Å². The second-order valence-corrected chi connectivity index (χ2v) is 6.27. The summed E-state index contributed by atoms with van der Waals surface area (Å²) in [6, 6.07) is 25.6. The lowest BCUT2D eigenvalue weighted by Gasteiger charge is -2.12. The van der Waals surface area contributed by atoms with E-state index in [1.165, 1.54) is 27.8 Å². The number of hydrogen-bond donors (Lipinski definition) is 0. The van der Waals surface area contributed by atoms with Crippen LogP contribution in [-0.2, 0) is 0 Å². The molecule has 1 heteroatoms. The number of aryl methyl sites for hydroxylation is 2. The Kier molecular flexibility index (Phi) is 4.90. The van der Waals surface area contributed by atoms with Crippen LogP contribution in [0.1, 0.15) is 35.2 Å². The fraction of sp³-hybridized carbons (Fsp3) is 0.174. The van der Waals surface area contributed by atoms with Crippen LogP contribution < -0.4 is 0 Å². The summed E-state index contributed by atoms with van der Waals surface area (Å²) < 4.78 is 0. The van der Waals surface area contributed by atoms with E-state index >= 15 is 0 Å². The zero-order valence-electron chi connectivity index (χ0n) is 14.5. The molecule has 0 aromatic heterocycles. The molecule has 1 atom stereocenters. The monoisotopic (exact) mass is 313 g/mol. The van der Waals surface area contributed by atoms with Crippen molar-refractivity contribution in [3.63, 3.8) is 0 Å². The largest absolute Gasteiger partial charge is 0.285 e. The van der Waals surface area contributed by atoms with Gasteiger partial charge in [-0.1, -0.05) is 78.4 Å². The third-order valence-corrected chi connectivity index (χ3v) is 4.36. The molecular formula is C23H23N. The molecule has 0 bridgehead atoms. The van der Waals surface area contributed by atoms with Crippen LogP contribution >= 0.6 is 0 Å².